The molecule has 0 saturated heterocycles. The molecule has 23 heavy (non-hydrogen) atoms. The van der Waals surface area contributed by atoms with Gasteiger partial charge < -0.3 is 9.30 Å². The highest BCUT2D eigenvalue weighted by molar-refractivity contribution is 5.22. The van der Waals surface area contributed by atoms with Crippen LogP contribution in [0, 0.1) is 5.92 Å². The SMILES string of the molecule is Cn1cnc2c1C(COCC1CC1)CN(Cc1ccncc1)C2. The van der Waals surface area contributed by atoms with Crippen molar-refractivity contribution < 1.29 is 4.74 Å². The van der Waals surface area contributed by atoms with Crippen LogP contribution in [0.2, 0.25) is 0 Å². The van der Waals surface area contributed by atoms with Crippen LogP contribution in [0.1, 0.15) is 35.7 Å². The number of fused-ring (bicyclic) bond motifs is 1. The quantitative estimate of drug-likeness (QED) is 0.821. The normalized spacial score (nSPS) is 21.3. The van der Waals surface area contributed by atoms with Crippen molar-refractivity contribution in [1.29, 1.82) is 0 Å². The summed E-state index contributed by atoms with van der Waals surface area (Å²) in [7, 11) is 2.10. The first-order chi connectivity index (χ1) is 11.3. The summed E-state index contributed by atoms with van der Waals surface area (Å²) in [6.45, 7) is 4.61. The van der Waals surface area contributed by atoms with Gasteiger partial charge in [0, 0.05) is 57.3 Å². The fourth-order valence-corrected chi connectivity index (χ4v) is 3.47. The maximum Gasteiger partial charge on any atom is 0.0949 e. The van der Waals surface area contributed by atoms with Gasteiger partial charge in [-0.25, -0.2) is 4.98 Å². The molecule has 1 atom stereocenters. The summed E-state index contributed by atoms with van der Waals surface area (Å²) >= 11 is 0. The topological polar surface area (TPSA) is 43.2 Å². The number of imidazole rings is 1. The van der Waals surface area contributed by atoms with Crippen molar-refractivity contribution in [2.45, 2.75) is 31.8 Å². The van der Waals surface area contributed by atoms with E-state index in [9.17, 15) is 0 Å². The van der Waals surface area contributed by atoms with Gasteiger partial charge in [-0.05, 0) is 36.5 Å². The van der Waals surface area contributed by atoms with E-state index in [0.29, 0.717) is 5.92 Å². The lowest BCUT2D eigenvalue weighted by atomic mass is 9.98. The molecule has 1 aliphatic carbocycles. The second-order valence-electron chi connectivity index (χ2n) is 6.89. The third kappa shape index (κ3) is 3.46. The van der Waals surface area contributed by atoms with Crippen molar-refractivity contribution >= 4 is 0 Å². The van der Waals surface area contributed by atoms with Gasteiger partial charge in [0.25, 0.3) is 0 Å². The third-order valence-electron chi connectivity index (χ3n) is 4.83. The molecule has 1 saturated carbocycles. The van der Waals surface area contributed by atoms with Gasteiger partial charge in [0.1, 0.15) is 0 Å². The summed E-state index contributed by atoms with van der Waals surface area (Å²) in [5.74, 6) is 1.23. The molecule has 4 rings (SSSR count). The predicted molar refractivity (Wildman–Crippen MR) is 87.8 cm³/mol. The Hall–Kier alpha value is -1.72. The van der Waals surface area contributed by atoms with E-state index < -0.39 is 0 Å². The van der Waals surface area contributed by atoms with Crippen LogP contribution in [0.3, 0.4) is 0 Å². The maximum absolute atomic E-state index is 6.00. The Morgan fingerprint density at radius 1 is 1.22 bits per heavy atom. The highest BCUT2D eigenvalue weighted by atomic mass is 16.5. The van der Waals surface area contributed by atoms with Gasteiger partial charge in [-0.3, -0.25) is 9.88 Å². The van der Waals surface area contributed by atoms with E-state index in [4.69, 9.17) is 4.74 Å². The molecule has 5 heteroatoms. The zero-order chi connectivity index (χ0) is 15.6. The number of rotatable bonds is 6. The molecule has 0 bridgehead atoms. The number of pyridine rings is 1. The van der Waals surface area contributed by atoms with Crippen LogP contribution < -0.4 is 0 Å². The van der Waals surface area contributed by atoms with Crippen LogP contribution >= 0.6 is 0 Å². The van der Waals surface area contributed by atoms with Crippen LogP contribution in [-0.4, -0.2) is 39.2 Å². The van der Waals surface area contributed by atoms with E-state index in [2.05, 4.69) is 38.6 Å². The molecule has 1 fully saturated rings. The summed E-state index contributed by atoms with van der Waals surface area (Å²) in [4.78, 5) is 11.2. The molecule has 2 aromatic heterocycles. The molecule has 0 spiro atoms. The molecular formula is C18H24N4O. The Bertz CT molecular complexity index is 650. The molecule has 3 heterocycles. The van der Waals surface area contributed by atoms with Gasteiger partial charge >= 0.3 is 0 Å². The number of nitrogens with zero attached hydrogens (tertiary/aromatic N) is 4. The first-order valence-corrected chi connectivity index (χ1v) is 8.48. The van der Waals surface area contributed by atoms with Crippen LogP contribution in [-0.2, 0) is 24.9 Å². The number of aryl methyl sites for hydroxylation is 1. The molecular weight excluding hydrogens is 288 g/mol. The Balaban J connectivity index is 1.46. The van der Waals surface area contributed by atoms with Crippen molar-refractivity contribution in [2.24, 2.45) is 13.0 Å². The molecule has 0 amide bonds. The van der Waals surface area contributed by atoms with Gasteiger partial charge in [0.05, 0.1) is 18.6 Å². The molecule has 0 N–H and O–H groups in total. The highest BCUT2D eigenvalue weighted by Gasteiger charge is 2.30. The van der Waals surface area contributed by atoms with Crippen LogP contribution in [0.15, 0.2) is 30.9 Å². The number of hydrogen-bond acceptors (Lipinski definition) is 4. The number of ether oxygens (including phenoxy) is 1. The molecule has 1 unspecified atom stereocenters. The lowest BCUT2D eigenvalue weighted by molar-refractivity contribution is 0.0867. The summed E-state index contributed by atoms with van der Waals surface area (Å²) in [5, 5.41) is 0. The van der Waals surface area contributed by atoms with E-state index in [1.807, 2.05) is 18.7 Å². The summed E-state index contributed by atoms with van der Waals surface area (Å²) in [5.41, 5.74) is 3.86. The largest absolute Gasteiger partial charge is 0.380 e. The molecule has 2 aliphatic rings. The number of hydrogen-bond donors (Lipinski definition) is 0. The molecule has 2 aromatic rings. The van der Waals surface area contributed by atoms with Crippen LogP contribution in [0.25, 0.3) is 0 Å². The zero-order valence-corrected chi connectivity index (χ0v) is 13.7. The van der Waals surface area contributed by atoms with Gasteiger partial charge in [0.15, 0.2) is 0 Å². The Morgan fingerprint density at radius 3 is 2.83 bits per heavy atom. The average Bonchev–Trinajstić information content (AvgIpc) is 3.31. The van der Waals surface area contributed by atoms with Gasteiger partial charge in [-0.1, -0.05) is 0 Å². The fraction of sp³-hybridized carbons (Fsp3) is 0.556. The highest BCUT2D eigenvalue weighted by Crippen LogP contribution is 2.31. The van der Waals surface area contributed by atoms with E-state index >= 15 is 0 Å². The maximum atomic E-state index is 6.00. The van der Waals surface area contributed by atoms with Crippen LogP contribution in [0.5, 0.6) is 0 Å². The van der Waals surface area contributed by atoms with Gasteiger partial charge in [-0.15, -0.1) is 0 Å². The van der Waals surface area contributed by atoms with Crippen molar-refractivity contribution in [3.63, 3.8) is 0 Å². The second-order valence-corrected chi connectivity index (χ2v) is 6.89. The zero-order valence-electron chi connectivity index (χ0n) is 13.7. The minimum absolute atomic E-state index is 0.409. The first-order valence-electron chi connectivity index (χ1n) is 8.48. The van der Waals surface area contributed by atoms with E-state index in [0.717, 1.165) is 38.8 Å². The Kier molecular flexibility index (Phi) is 4.14. The van der Waals surface area contributed by atoms with Crippen molar-refractivity contribution in [3.05, 3.63) is 47.8 Å². The summed E-state index contributed by atoms with van der Waals surface area (Å²) in [6, 6.07) is 4.18. The van der Waals surface area contributed by atoms with E-state index in [1.54, 1.807) is 0 Å². The molecule has 0 radical (unpaired) electrons. The van der Waals surface area contributed by atoms with Crippen molar-refractivity contribution in [2.75, 3.05) is 19.8 Å². The standard InChI is InChI=1S/C18H24N4O/c1-21-13-20-17-10-22(8-14-4-6-19-7-5-14)9-16(18(17)21)12-23-11-15-2-3-15/h4-7,13,15-16H,2-3,8-12H2,1H3. The second kappa shape index (κ2) is 6.42. The summed E-state index contributed by atoms with van der Waals surface area (Å²) < 4.78 is 8.17. The molecule has 122 valence electrons. The molecule has 5 nitrogen and oxygen atoms in total. The lowest BCUT2D eigenvalue weighted by Crippen LogP contribution is -2.36. The third-order valence-corrected chi connectivity index (χ3v) is 4.83. The van der Waals surface area contributed by atoms with Crippen molar-refractivity contribution in [3.8, 4) is 0 Å². The van der Waals surface area contributed by atoms with Gasteiger partial charge in [-0.2, -0.15) is 0 Å². The summed E-state index contributed by atoms with van der Waals surface area (Å²) in [6.07, 6.45) is 8.35. The monoisotopic (exact) mass is 312 g/mol. The van der Waals surface area contributed by atoms with Crippen molar-refractivity contribution in [1.82, 2.24) is 19.4 Å². The molecule has 0 aromatic carbocycles. The predicted octanol–water partition coefficient (Wildman–Crippen LogP) is 2.34. The fourth-order valence-electron chi connectivity index (χ4n) is 3.47. The Labute approximate surface area is 137 Å². The van der Waals surface area contributed by atoms with E-state index in [1.165, 1.54) is 29.8 Å². The van der Waals surface area contributed by atoms with E-state index in [-0.39, 0.29) is 0 Å². The Morgan fingerprint density at radius 2 is 2.04 bits per heavy atom. The average molecular weight is 312 g/mol. The first kappa shape index (κ1) is 14.8. The van der Waals surface area contributed by atoms with Gasteiger partial charge in [0.2, 0.25) is 0 Å². The number of aromatic nitrogens is 3. The minimum atomic E-state index is 0.409. The smallest absolute Gasteiger partial charge is 0.0949 e. The minimum Gasteiger partial charge on any atom is -0.380 e. The molecule has 1 aliphatic heterocycles. The lowest BCUT2D eigenvalue weighted by Gasteiger charge is -2.32. The van der Waals surface area contributed by atoms with Crippen LogP contribution in [0.4, 0.5) is 0 Å².